The fourth-order valence-corrected chi connectivity index (χ4v) is 4.86. The maximum atomic E-state index is 13.0. The number of aryl methyl sites for hydroxylation is 1. The second-order valence-corrected chi connectivity index (χ2v) is 8.13. The molecule has 2 unspecified atom stereocenters. The highest BCUT2D eigenvalue weighted by Gasteiger charge is 2.39. The van der Waals surface area contributed by atoms with Gasteiger partial charge < -0.3 is 10.2 Å². The molecule has 2 atom stereocenters. The number of piperidine rings is 1. The number of nitrogens with one attached hydrogen (secondary N) is 1. The predicted octanol–water partition coefficient (Wildman–Crippen LogP) is 3.24. The van der Waals surface area contributed by atoms with Gasteiger partial charge in [-0.3, -0.25) is 14.3 Å². The Morgan fingerprint density at radius 2 is 1.96 bits per heavy atom. The standard InChI is InChI=1S/C20H25ClN4O2.ClH/c1-3-9-25-16-6-4-5-15(21)17(16)19(26)18(23-25)20(27)22-12-10-13-7-8-14(11-12)24(13)2;/h4-6,12-14H,3,7-11H2,1-2H3,(H,22,27);1H. The first-order valence-corrected chi connectivity index (χ1v) is 10.1. The highest BCUT2D eigenvalue weighted by Crippen LogP contribution is 2.34. The van der Waals surface area contributed by atoms with Gasteiger partial charge in [-0.25, -0.2) is 0 Å². The van der Waals surface area contributed by atoms with Gasteiger partial charge in [-0.2, -0.15) is 5.10 Å². The van der Waals surface area contributed by atoms with Crippen LogP contribution in [0.25, 0.3) is 10.9 Å². The van der Waals surface area contributed by atoms with Crippen LogP contribution in [0.5, 0.6) is 0 Å². The van der Waals surface area contributed by atoms with Crippen molar-refractivity contribution < 1.29 is 4.79 Å². The lowest BCUT2D eigenvalue weighted by Gasteiger charge is -2.36. The number of halogens is 2. The number of carbonyl (C=O) groups is 1. The van der Waals surface area contributed by atoms with Crippen LogP contribution < -0.4 is 10.7 Å². The van der Waals surface area contributed by atoms with Crippen molar-refractivity contribution in [2.75, 3.05) is 7.05 Å². The third-order valence-electron chi connectivity index (χ3n) is 6.02. The SMILES string of the molecule is CCCn1nc(C(=O)NC2CC3CCC(C2)N3C)c(=O)c2c(Cl)cccc21.Cl. The Hall–Kier alpha value is -1.63. The third-order valence-corrected chi connectivity index (χ3v) is 6.33. The van der Waals surface area contributed by atoms with E-state index in [0.717, 1.165) is 19.3 Å². The summed E-state index contributed by atoms with van der Waals surface area (Å²) in [5, 5.41) is 8.18. The van der Waals surface area contributed by atoms with Crippen molar-refractivity contribution >= 4 is 40.8 Å². The molecule has 1 amide bonds. The molecule has 1 aromatic carbocycles. The van der Waals surface area contributed by atoms with Crippen LogP contribution in [0.15, 0.2) is 23.0 Å². The molecule has 4 rings (SSSR count). The number of hydrogen-bond donors (Lipinski definition) is 1. The summed E-state index contributed by atoms with van der Waals surface area (Å²) in [5.74, 6) is -0.388. The van der Waals surface area contributed by atoms with E-state index in [1.165, 1.54) is 12.8 Å². The van der Waals surface area contributed by atoms with Crippen molar-refractivity contribution in [1.29, 1.82) is 0 Å². The van der Waals surface area contributed by atoms with Gasteiger partial charge in [0.15, 0.2) is 5.69 Å². The summed E-state index contributed by atoms with van der Waals surface area (Å²) in [6, 6.07) is 6.43. The molecule has 1 N–H and O–H groups in total. The lowest BCUT2D eigenvalue weighted by atomic mass is 9.98. The largest absolute Gasteiger partial charge is 0.348 e. The molecular weight excluding hydrogens is 399 g/mol. The highest BCUT2D eigenvalue weighted by molar-refractivity contribution is 6.35. The summed E-state index contributed by atoms with van der Waals surface area (Å²) in [7, 11) is 2.16. The smallest absolute Gasteiger partial charge is 0.276 e. The summed E-state index contributed by atoms with van der Waals surface area (Å²) in [4.78, 5) is 28.3. The summed E-state index contributed by atoms with van der Waals surface area (Å²) in [5.41, 5.74) is 0.218. The van der Waals surface area contributed by atoms with Crippen LogP contribution in [-0.4, -0.2) is 45.8 Å². The van der Waals surface area contributed by atoms with Gasteiger partial charge in [0, 0.05) is 24.7 Å². The summed E-state index contributed by atoms with van der Waals surface area (Å²) < 4.78 is 1.72. The molecule has 28 heavy (non-hydrogen) atoms. The Morgan fingerprint density at radius 1 is 1.29 bits per heavy atom. The van der Waals surface area contributed by atoms with Crippen LogP contribution in [-0.2, 0) is 6.54 Å². The van der Waals surface area contributed by atoms with E-state index in [0.29, 0.717) is 34.6 Å². The van der Waals surface area contributed by atoms with E-state index in [9.17, 15) is 9.59 Å². The lowest BCUT2D eigenvalue weighted by molar-refractivity contribution is 0.0874. The van der Waals surface area contributed by atoms with Gasteiger partial charge in [0.1, 0.15) is 0 Å². The normalized spacial score (nSPS) is 24.2. The average Bonchev–Trinajstić information content (AvgIpc) is 2.85. The minimum atomic E-state index is -0.392. The number of carbonyl (C=O) groups excluding carboxylic acids is 1. The molecule has 0 saturated carbocycles. The highest BCUT2D eigenvalue weighted by atomic mass is 35.5. The van der Waals surface area contributed by atoms with Crippen LogP contribution in [0.2, 0.25) is 5.02 Å². The second kappa shape index (κ2) is 8.39. The Kier molecular flexibility index (Phi) is 6.32. The molecule has 2 fully saturated rings. The quantitative estimate of drug-likeness (QED) is 0.817. The van der Waals surface area contributed by atoms with E-state index >= 15 is 0 Å². The fraction of sp³-hybridized carbons (Fsp3) is 0.550. The first-order chi connectivity index (χ1) is 13.0. The lowest BCUT2D eigenvalue weighted by Crippen LogP contribution is -2.49. The van der Waals surface area contributed by atoms with Crippen molar-refractivity contribution in [3.63, 3.8) is 0 Å². The van der Waals surface area contributed by atoms with E-state index in [-0.39, 0.29) is 30.0 Å². The number of benzene rings is 1. The Labute approximate surface area is 175 Å². The van der Waals surface area contributed by atoms with Crippen LogP contribution in [0, 0.1) is 0 Å². The van der Waals surface area contributed by atoms with Crippen molar-refractivity contribution in [3.8, 4) is 0 Å². The van der Waals surface area contributed by atoms with Gasteiger partial charge in [-0.15, -0.1) is 12.4 Å². The first-order valence-electron chi connectivity index (χ1n) is 9.71. The van der Waals surface area contributed by atoms with Gasteiger partial charge in [0.25, 0.3) is 5.91 Å². The van der Waals surface area contributed by atoms with E-state index in [2.05, 4.69) is 22.4 Å². The first kappa shape index (κ1) is 21.1. The van der Waals surface area contributed by atoms with E-state index in [1.807, 2.05) is 13.0 Å². The van der Waals surface area contributed by atoms with Crippen LogP contribution in [0.1, 0.15) is 49.5 Å². The maximum Gasteiger partial charge on any atom is 0.276 e. The van der Waals surface area contributed by atoms with Gasteiger partial charge in [0.05, 0.1) is 15.9 Å². The average molecular weight is 425 g/mol. The van der Waals surface area contributed by atoms with Crippen molar-refractivity contribution in [2.45, 2.75) is 63.7 Å². The molecular formula is C20H26Cl2N4O2. The van der Waals surface area contributed by atoms with E-state index in [4.69, 9.17) is 11.6 Å². The number of amides is 1. The van der Waals surface area contributed by atoms with Crippen molar-refractivity contribution in [1.82, 2.24) is 20.0 Å². The Bertz CT molecular complexity index is 932. The molecule has 1 aromatic heterocycles. The minimum absolute atomic E-state index is 0. The van der Waals surface area contributed by atoms with E-state index < -0.39 is 5.43 Å². The number of aromatic nitrogens is 2. The summed E-state index contributed by atoms with van der Waals surface area (Å²) in [6.45, 7) is 2.65. The maximum absolute atomic E-state index is 13.0. The monoisotopic (exact) mass is 424 g/mol. The molecule has 0 spiro atoms. The molecule has 0 radical (unpaired) electrons. The molecule has 2 aliphatic heterocycles. The van der Waals surface area contributed by atoms with Crippen LogP contribution >= 0.6 is 24.0 Å². The summed E-state index contributed by atoms with van der Waals surface area (Å²) in [6.07, 6.45) is 5.06. The van der Waals surface area contributed by atoms with Crippen molar-refractivity contribution in [2.24, 2.45) is 0 Å². The minimum Gasteiger partial charge on any atom is -0.348 e. The van der Waals surface area contributed by atoms with Gasteiger partial charge in [-0.05, 0) is 51.3 Å². The topological polar surface area (TPSA) is 67.2 Å². The van der Waals surface area contributed by atoms with Crippen LogP contribution in [0.4, 0.5) is 0 Å². The number of hydrogen-bond acceptors (Lipinski definition) is 4. The van der Waals surface area contributed by atoms with E-state index in [1.54, 1.807) is 16.8 Å². The molecule has 152 valence electrons. The molecule has 3 heterocycles. The Balaban J connectivity index is 0.00000225. The molecule has 8 heteroatoms. The number of fused-ring (bicyclic) bond motifs is 3. The van der Waals surface area contributed by atoms with Gasteiger partial charge in [-0.1, -0.05) is 24.6 Å². The molecule has 2 aliphatic rings. The second-order valence-electron chi connectivity index (χ2n) is 7.73. The predicted molar refractivity (Wildman–Crippen MR) is 114 cm³/mol. The zero-order valence-corrected chi connectivity index (χ0v) is 17.7. The molecule has 0 aliphatic carbocycles. The Morgan fingerprint density at radius 3 is 2.61 bits per heavy atom. The molecule has 2 bridgehead atoms. The fourth-order valence-electron chi connectivity index (χ4n) is 4.60. The zero-order chi connectivity index (χ0) is 19.1. The van der Waals surface area contributed by atoms with Crippen molar-refractivity contribution in [3.05, 3.63) is 39.1 Å². The molecule has 2 saturated heterocycles. The van der Waals surface area contributed by atoms with Gasteiger partial charge >= 0.3 is 0 Å². The van der Waals surface area contributed by atoms with Crippen LogP contribution in [0.3, 0.4) is 0 Å². The number of rotatable bonds is 4. The number of nitrogens with zero attached hydrogens (tertiary/aromatic N) is 3. The molecule has 6 nitrogen and oxygen atoms in total. The van der Waals surface area contributed by atoms with Gasteiger partial charge in [0.2, 0.25) is 5.43 Å². The zero-order valence-electron chi connectivity index (χ0n) is 16.2. The third kappa shape index (κ3) is 3.65. The summed E-state index contributed by atoms with van der Waals surface area (Å²) >= 11 is 6.29. The molecule has 2 aromatic rings.